The van der Waals surface area contributed by atoms with Crippen LogP contribution in [0.2, 0.25) is 0 Å². The molecule has 2 fully saturated rings. The summed E-state index contributed by atoms with van der Waals surface area (Å²) in [6.07, 6.45) is 2.39. The van der Waals surface area contributed by atoms with Crippen LogP contribution in [0, 0.1) is 0 Å². The van der Waals surface area contributed by atoms with Gasteiger partial charge < -0.3 is 19.8 Å². The molecule has 3 aromatic carbocycles. The Kier molecular flexibility index (Phi) is 6.23. The first-order chi connectivity index (χ1) is 20.0. The third-order valence-electron chi connectivity index (χ3n) is 8.36. The van der Waals surface area contributed by atoms with Gasteiger partial charge in [0.15, 0.2) is 0 Å². The first kappa shape index (κ1) is 25.3. The SMILES string of the molecule is COc1cccc(C2c3[nH]c4ccccc4c3C[C@H]3C(=O)N(c4ccc(C(=O)NCC5CCCO5)cc4)C(=O)N23)c1. The van der Waals surface area contributed by atoms with Crippen molar-refractivity contribution < 1.29 is 23.9 Å². The van der Waals surface area contributed by atoms with Crippen molar-refractivity contribution >= 4 is 34.4 Å². The summed E-state index contributed by atoms with van der Waals surface area (Å²) in [5.74, 6) is 0.173. The van der Waals surface area contributed by atoms with Gasteiger partial charge in [0.05, 0.1) is 18.9 Å². The third kappa shape index (κ3) is 4.24. The summed E-state index contributed by atoms with van der Waals surface area (Å²) >= 11 is 0. The number of benzene rings is 3. The molecule has 0 spiro atoms. The molecule has 208 valence electrons. The Morgan fingerprint density at radius 1 is 1.07 bits per heavy atom. The van der Waals surface area contributed by atoms with Gasteiger partial charge in [-0.05, 0) is 66.4 Å². The molecule has 3 aliphatic rings. The number of carbonyl (C=O) groups is 3. The number of para-hydroxylation sites is 1. The number of nitrogens with zero attached hydrogens (tertiary/aromatic N) is 2. The molecule has 41 heavy (non-hydrogen) atoms. The number of rotatable bonds is 6. The van der Waals surface area contributed by atoms with Crippen LogP contribution in [0.15, 0.2) is 72.8 Å². The average Bonchev–Trinajstić information content (AvgIpc) is 3.72. The van der Waals surface area contributed by atoms with Crippen molar-refractivity contribution in [2.24, 2.45) is 0 Å². The van der Waals surface area contributed by atoms with Crippen LogP contribution >= 0.6 is 0 Å². The minimum Gasteiger partial charge on any atom is -0.497 e. The molecule has 7 rings (SSSR count). The van der Waals surface area contributed by atoms with Gasteiger partial charge in [-0.2, -0.15) is 0 Å². The standard InChI is InChI=1S/C32H30N4O5/c1-40-22-7-4-6-20(16-22)29-28-25(24-9-2-3-10-26(24)34-28)17-27-31(38)35(32(39)36(27)29)21-13-11-19(12-14-21)30(37)33-18-23-8-5-15-41-23/h2-4,6-7,9-14,16,23,27,29,34H,5,8,15,17-18H2,1H3,(H,33,37)/t23?,27-,29?/m0/s1. The monoisotopic (exact) mass is 550 g/mol. The van der Waals surface area contributed by atoms with Gasteiger partial charge in [-0.3, -0.25) is 14.5 Å². The lowest BCUT2D eigenvalue weighted by Crippen LogP contribution is -2.44. The molecular weight excluding hydrogens is 520 g/mol. The zero-order valence-electron chi connectivity index (χ0n) is 22.6. The highest BCUT2D eigenvalue weighted by Gasteiger charge is 2.53. The Balaban J connectivity index is 1.22. The maximum absolute atomic E-state index is 14.1. The van der Waals surface area contributed by atoms with Crippen molar-refractivity contribution in [2.75, 3.05) is 25.2 Å². The van der Waals surface area contributed by atoms with Gasteiger partial charge in [0.25, 0.3) is 11.8 Å². The Labute approximate surface area is 237 Å². The van der Waals surface area contributed by atoms with Gasteiger partial charge in [0, 0.05) is 41.7 Å². The number of H-pyrrole nitrogens is 1. The molecule has 0 saturated carbocycles. The fourth-order valence-corrected chi connectivity index (χ4v) is 6.35. The summed E-state index contributed by atoms with van der Waals surface area (Å²) < 4.78 is 11.1. The van der Waals surface area contributed by atoms with Gasteiger partial charge in [-0.15, -0.1) is 0 Å². The zero-order chi connectivity index (χ0) is 28.1. The van der Waals surface area contributed by atoms with E-state index in [0.29, 0.717) is 30.0 Å². The van der Waals surface area contributed by atoms with E-state index in [4.69, 9.17) is 9.47 Å². The molecule has 9 nitrogen and oxygen atoms in total. The number of fused-ring (bicyclic) bond motifs is 4. The maximum Gasteiger partial charge on any atom is 0.332 e. The number of amides is 4. The molecule has 1 aromatic heterocycles. The Morgan fingerprint density at radius 2 is 1.90 bits per heavy atom. The highest BCUT2D eigenvalue weighted by atomic mass is 16.5. The van der Waals surface area contributed by atoms with E-state index in [1.165, 1.54) is 4.90 Å². The lowest BCUT2D eigenvalue weighted by Gasteiger charge is -2.36. The minimum atomic E-state index is -0.667. The van der Waals surface area contributed by atoms with E-state index in [2.05, 4.69) is 10.3 Å². The van der Waals surface area contributed by atoms with E-state index in [0.717, 1.165) is 47.2 Å². The molecule has 9 heteroatoms. The second-order valence-corrected chi connectivity index (χ2v) is 10.7. The van der Waals surface area contributed by atoms with E-state index in [-0.39, 0.29) is 17.9 Å². The van der Waals surface area contributed by atoms with Crippen LogP contribution in [-0.4, -0.2) is 60.1 Å². The van der Waals surface area contributed by atoms with E-state index >= 15 is 0 Å². The summed E-state index contributed by atoms with van der Waals surface area (Å²) in [5.41, 5.74) is 4.65. The predicted molar refractivity (Wildman–Crippen MR) is 153 cm³/mol. The normalized spacial score (nSPS) is 21.7. The summed E-state index contributed by atoms with van der Waals surface area (Å²) in [4.78, 5) is 47.1. The van der Waals surface area contributed by atoms with Crippen LogP contribution in [0.3, 0.4) is 0 Å². The number of ether oxygens (including phenoxy) is 2. The molecule has 4 heterocycles. The summed E-state index contributed by atoms with van der Waals surface area (Å²) in [6, 6.07) is 20.7. The van der Waals surface area contributed by atoms with Crippen molar-refractivity contribution in [3.05, 3.63) is 95.2 Å². The molecular formula is C32H30N4O5. The van der Waals surface area contributed by atoms with Crippen LogP contribution < -0.4 is 15.0 Å². The lowest BCUT2D eigenvalue weighted by molar-refractivity contribution is -0.120. The molecule has 0 aliphatic carbocycles. The van der Waals surface area contributed by atoms with Gasteiger partial charge in [-0.25, -0.2) is 9.69 Å². The maximum atomic E-state index is 14.1. The smallest absolute Gasteiger partial charge is 0.332 e. The number of aromatic amines is 1. The molecule has 3 atom stereocenters. The van der Waals surface area contributed by atoms with E-state index < -0.39 is 18.1 Å². The highest BCUT2D eigenvalue weighted by Crippen LogP contribution is 2.45. The number of methoxy groups -OCH3 is 1. The number of carbonyl (C=O) groups excluding carboxylic acids is 3. The van der Waals surface area contributed by atoms with Crippen molar-refractivity contribution in [3.63, 3.8) is 0 Å². The number of hydrogen-bond donors (Lipinski definition) is 2. The largest absolute Gasteiger partial charge is 0.497 e. The molecule has 2 unspecified atom stereocenters. The summed E-state index contributed by atoms with van der Waals surface area (Å²) in [5, 5.41) is 3.96. The van der Waals surface area contributed by atoms with Crippen LogP contribution in [0.4, 0.5) is 10.5 Å². The fourth-order valence-electron chi connectivity index (χ4n) is 6.35. The number of aromatic nitrogens is 1. The number of anilines is 1. The first-order valence-electron chi connectivity index (χ1n) is 13.9. The molecule has 4 amide bonds. The average molecular weight is 551 g/mol. The second-order valence-electron chi connectivity index (χ2n) is 10.7. The van der Waals surface area contributed by atoms with E-state index in [1.54, 1.807) is 36.3 Å². The number of hydrogen-bond acceptors (Lipinski definition) is 5. The first-order valence-corrected chi connectivity index (χ1v) is 13.9. The highest BCUT2D eigenvalue weighted by molar-refractivity contribution is 6.22. The van der Waals surface area contributed by atoms with Crippen LogP contribution in [-0.2, 0) is 16.0 Å². The van der Waals surface area contributed by atoms with Crippen LogP contribution in [0.25, 0.3) is 10.9 Å². The van der Waals surface area contributed by atoms with Gasteiger partial charge in [-0.1, -0.05) is 30.3 Å². The molecule has 4 aromatic rings. The van der Waals surface area contributed by atoms with Crippen molar-refractivity contribution in [1.29, 1.82) is 0 Å². The van der Waals surface area contributed by atoms with E-state index in [1.807, 2.05) is 48.5 Å². The molecule has 2 N–H and O–H groups in total. The Morgan fingerprint density at radius 3 is 2.68 bits per heavy atom. The number of imide groups is 1. The molecule has 0 bridgehead atoms. The van der Waals surface area contributed by atoms with Gasteiger partial charge >= 0.3 is 6.03 Å². The Bertz CT molecular complexity index is 1660. The zero-order valence-corrected chi connectivity index (χ0v) is 22.6. The van der Waals surface area contributed by atoms with Crippen LogP contribution in [0.5, 0.6) is 5.75 Å². The van der Waals surface area contributed by atoms with E-state index in [9.17, 15) is 14.4 Å². The molecule has 2 saturated heterocycles. The summed E-state index contributed by atoms with van der Waals surface area (Å²) in [6.45, 7) is 1.19. The van der Waals surface area contributed by atoms with Gasteiger partial charge in [0.1, 0.15) is 17.8 Å². The minimum absolute atomic E-state index is 0.0460. The third-order valence-corrected chi connectivity index (χ3v) is 8.36. The fraction of sp³-hybridized carbons (Fsp3) is 0.281. The molecule has 3 aliphatic heterocycles. The van der Waals surface area contributed by atoms with Crippen molar-refractivity contribution in [1.82, 2.24) is 15.2 Å². The quantitative estimate of drug-likeness (QED) is 0.343. The summed E-state index contributed by atoms with van der Waals surface area (Å²) in [7, 11) is 1.61. The molecule has 0 radical (unpaired) electrons. The second kappa shape index (κ2) is 10.1. The van der Waals surface area contributed by atoms with Gasteiger partial charge in [0.2, 0.25) is 0 Å². The van der Waals surface area contributed by atoms with Crippen molar-refractivity contribution in [2.45, 2.75) is 37.5 Å². The topological polar surface area (TPSA) is 104 Å². The lowest BCUT2D eigenvalue weighted by atomic mass is 9.89. The van der Waals surface area contributed by atoms with Crippen molar-refractivity contribution in [3.8, 4) is 5.75 Å². The number of nitrogens with one attached hydrogen (secondary N) is 2. The van der Waals surface area contributed by atoms with Crippen LogP contribution in [0.1, 0.15) is 46.1 Å². The Hall–Kier alpha value is -4.63. The number of urea groups is 1. The predicted octanol–water partition coefficient (Wildman–Crippen LogP) is 4.57.